The van der Waals surface area contributed by atoms with Crippen LogP contribution in [-0.2, 0) is 11.3 Å². The normalized spacial score (nSPS) is 9.47. The average Bonchev–Trinajstić information content (AvgIpc) is 2.26. The third kappa shape index (κ3) is 3.57. The maximum atomic E-state index is 11.0. The summed E-state index contributed by atoms with van der Waals surface area (Å²) in [6.45, 7) is 0.0392. The van der Waals surface area contributed by atoms with Crippen molar-refractivity contribution in [3.63, 3.8) is 0 Å². The predicted molar refractivity (Wildman–Crippen MR) is 53.9 cm³/mol. The third-order valence-corrected chi connectivity index (χ3v) is 1.77. The quantitative estimate of drug-likeness (QED) is 0.276. The summed E-state index contributed by atoms with van der Waals surface area (Å²) in [5, 5.41) is -0.891. The number of nitrogens with zero attached hydrogens (tertiary/aromatic N) is 1. The van der Waals surface area contributed by atoms with Crippen LogP contribution in [-0.4, -0.2) is 16.5 Å². The fourth-order valence-corrected chi connectivity index (χ4v) is 0.930. The van der Waals surface area contributed by atoms with Crippen molar-refractivity contribution in [3.8, 4) is 0 Å². The highest BCUT2D eigenvalue weighted by atomic mass is 35.5. The number of carbonyl (C=O) groups is 2. The summed E-state index contributed by atoms with van der Waals surface area (Å²) in [4.78, 5) is 21.5. The topological polar surface area (TPSA) is 72.6 Å². The number of carbonyl (C=O) groups excluding carboxylic acids is 2. The standard InChI is InChI=1S/C9H9ClN2O3/c10-8(13)12(11)9(14)15-6-7-4-2-1-3-5-7/h1-5H,6,11H2. The van der Waals surface area contributed by atoms with Crippen LogP contribution in [0.25, 0.3) is 0 Å². The van der Waals surface area contributed by atoms with E-state index in [0.717, 1.165) is 5.56 Å². The molecule has 0 unspecified atom stereocenters. The van der Waals surface area contributed by atoms with Crippen LogP contribution in [0, 0.1) is 0 Å². The first-order chi connectivity index (χ1) is 7.11. The lowest BCUT2D eigenvalue weighted by Crippen LogP contribution is -2.39. The molecule has 0 aliphatic heterocycles. The second-order valence-electron chi connectivity index (χ2n) is 2.66. The van der Waals surface area contributed by atoms with Crippen LogP contribution in [0.4, 0.5) is 9.59 Å². The minimum Gasteiger partial charge on any atom is -0.443 e. The number of imide groups is 1. The zero-order chi connectivity index (χ0) is 11.3. The molecule has 0 atom stereocenters. The van der Waals surface area contributed by atoms with E-state index >= 15 is 0 Å². The van der Waals surface area contributed by atoms with Crippen molar-refractivity contribution in [2.24, 2.45) is 5.84 Å². The van der Waals surface area contributed by atoms with E-state index in [1.807, 2.05) is 6.07 Å². The maximum Gasteiger partial charge on any atom is 0.432 e. The predicted octanol–water partition coefficient (Wildman–Crippen LogP) is 1.86. The minimum atomic E-state index is -1.09. The Morgan fingerprint density at radius 3 is 2.47 bits per heavy atom. The summed E-state index contributed by atoms with van der Waals surface area (Å²) in [6, 6.07) is 8.99. The van der Waals surface area contributed by atoms with Crippen molar-refractivity contribution in [2.75, 3.05) is 0 Å². The number of hydrogen-bond donors (Lipinski definition) is 1. The molecule has 0 fully saturated rings. The van der Waals surface area contributed by atoms with Crippen molar-refractivity contribution in [3.05, 3.63) is 35.9 Å². The van der Waals surface area contributed by atoms with E-state index in [0.29, 0.717) is 0 Å². The van der Waals surface area contributed by atoms with Gasteiger partial charge in [0.15, 0.2) is 0 Å². The van der Waals surface area contributed by atoms with E-state index < -0.39 is 11.5 Å². The fourth-order valence-electron chi connectivity index (χ4n) is 0.861. The maximum absolute atomic E-state index is 11.0. The summed E-state index contributed by atoms with van der Waals surface area (Å²) in [5.74, 6) is 5.00. The van der Waals surface area contributed by atoms with Crippen molar-refractivity contribution < 1.29 is 14.3 Å². The fraction of sp³-hybridized carbons (Fsp3) is 0.111. The van der Waals surface area contributed by atoms with Crippen molar-refractivity contribution in [2.45, 2.75) is 6.61 Å². The monoisotopic (exact) mass is 228 g/mol. The summed E-state index contributed by atoms with van der Waals surface area (Å²) in [7, 11) is 0. The highest BCUT2D eigenvalue weighted by molar-refractivity contribution is 6.63. The summed E-state index contributed by atoms with van der Waals surface area (Å²) in [6.07, 6.45) is -0.987. The van der Waals surface area contributed by atoms with Gasteiger partial charge in [0, 0.05) is 0 Å². The SMILES string of the molecule is NN(C(=O)Cl)C(=O)OCc1ccccc1. The Labute approximate surface area is 91.3 Å². The van der Waals surface area contributed by atoms with Crippen LogP contribution in [0.15, 0.2) is 30.3 Å². The molecule has 6 heteroatoms. The minimum absolute atomic E-state index is 0.0392. The number of rotatable bonds is 2. The first-order valence-electron chi connectivity index (χ1n) is 4.06. The van der Waals surface area contributed by atoms with Crippen molar-refractivity contribution in [1.82, 2.24) is 5.01 Å². The van der Waals surface area contributed by atoms with Gasteiger partial charge in [-0.2, -0.15) is 5.01 Å². The van der Waals surface area contributed by atoms with E-state index in [1.54, 1.807) is 24.3 Å². The smallest absolute Gasteiger partial charge is 0.432 e. The van der Waals surface area contributed by atoms with E-state index in [1.165, 1.54) is 0 Å². The number of benzene rings is 1. The van der Waals surface area contributed by atoms with Gasteiger partial charge < -0.3 is 4.74 Å². The lowest BCUT2D eigenvalue weighted by molar-refractivity contribution is 0.109. The molecular formula is C9H9ClN2O3. The summed E-state index contributed by atoms with van der Waals surface area (Å²) >= 11 is 4.97. The number of amides is 2. The Kier molecular flexibility index (Phi) is 4.08. The highest BCUT2D eigenvalue weighted by Gasteiger charge is 2.16. The Balaban J connectivity index is 2.44. The Hall–Kier alpha value is -1.59. The lowest BCUT2D eigenvalue weighted by atomic mass is 10.2. The molecule has 0 radical (unpaired) electrons. The van der Waals surface area contributed by atoms with Crippen LogP contribution in [0.3, 0.4) is 0 Å². The Morgan fingerprint density at radius 1 is 1.33 bits per heavy atom. The van der Waals surface area contributed by atoms with E-state index in [9.17, 15) is 9.59 Å². The van der Waals surface area contributed by atoms with Gasteiger partial charge in [-0.3, -0.25) is 4.79 Å². The second kappa shape index (κ2) is 5.33. The van der Waals surface area contributed by atoms with Gasteiger partial charge in [-0.25, -0.2) is 10.6 Å². The van der Waals surface area contributed by atoms with E-state index in [-0.39, 0.29) is 11.6 Å². The number of hydrogen-bond acceptors (Lipinski definition) is 4. The van der Waals surface area contributed by atoms with Crippen LogP contribution >= 0.6 is 11.6 Å². The van der Waals surface area contributed by atoms with Crippen LogP contribution in [0.1, 0.15) is 5.56 Å². The lowest BCUT2D eigenvalue weighted by Gasteiger charge is -2.10. The molecule has 0 aliphatic rings. The second-order valence-corrected chi connectivity index (χ2v) is 2.99. The van der Waals surface area contributed by atoms with E-state index in [4.69, 9.17) is 22.2 Å². The molecule has 15 heavy (non-hydrogen) atoms. The summed E-state index contributed by atoms with van der Waals surface area (Å²) in [5.41, 5.74) is 0.793. The van der Waals surface area contributed by atoms with Crippen LogP contribution in [0.2, 0.25) is 0 Å². The molecule has 1 aromatic rings. The molecular weight excluding hydrogens is 220 g/mol. The molecule has 0 spiro atoms. The van der Waals surface area contributed by atoms with Gasteiger partial charge in [0.2, 0.25) is 0 Å². The van der Waals surface area contributed by atoms with Gasteiger partial charge in [0.1, 0.15) is 6.61 Å². The molecule has 0 aliphatic carbocycles. The molecule has 0 saturated heterocycles. The first kappa shape index (κ1) is 11.5. The van der Waals surface area contributed by atoms with Crippen LogP contribution < -0.4 is 5.84 Å². The van der Waals surface area contributed by atoms with Gasteiger partial charge in [0.05, 0.1) is 0 Å². The van der Waals surface area contributed by atoms with E-state index in [2.05, 4.69) is 0 Å². The molecule has 2 N–H and O–H groups in total. The third-order valence-electron chi connectivity index (χ3n) is 1.59. The zero-order valence-corrected chi connectivity index (χ0v) is 8.48. The molecule has 2 amide bonds. The van der Waals surface area contributed by atoms with Crippen molar-refractivity contribution >= 4 is 23.1 Å². The largest absolute Gasteiger partial charge is 0.443 e. The number of hydrazine groups is 1. The van der Waals surface area contributed by atoms with Gasteiger partial charge >= 0.3 is 11.5 Å². The zero-order valence-electron chi connectivity index (χ0n) is 7.72. The number of halogens is 1. The first-order valence-corrected chi connectivity index (χ1v) is 4.44. The van der Waals surface area contributed by atoms with Gasteiger partial charge in [-0.15, -0.1) is 0 Å². The molecule has 0 bridgehead atoms. The van der Waals surface area contributed by atoms with Crippen LogP contribution in [0.5, 0.6) is 0 Å². The molecule has 80 valence electrons. The molecule has 0 saturated carbocycles. The van der Waals surface area contributed by atoms with Crippen molar-refractivity contribution in [1.29, 1.82) is 0 Å². The van der Waals surface area contributed by atoms with Gasteiger partial charge in [-0.1, -0.05) is 30.3 Å². The van der Waals surface area contributed by atoms with Gasteiger partial charge in [-0.05, 0) is 17.2 Å². The summed E-state index contributed by atoms with van der Waals surface area (Å²) < 4.78 is 4.71. The molecule has 5 nitrogen and oxygen atoms in total. The molecule has 0 heterocycles. The number of nitrogens with two attached hydrogens (primary N) is 1. The molecule has 1 rings (SSSR count). The average molecular weight is 229 g/mol. The molecule has 1 aromatic carbocycles. The number of ether oxygens (including phenoxy) is 1. The molecule has 0 aromatic heterocycles. The highest BCUT2D eigenvalue weighted by Crippen LogP contribution is 2.02. The Bertz CT molecular complexity index is 356. The van der Waals surface area contributed by atoms with Gasteiger partial charge in [0.25, 0.3) is 0 Å². The Morgan fingerprint density at radius 2 is 1.93 bits per heavy atom.